The zero-order chi connectivity index (χ0) is 12.3. The number of likely N-dealkylation sites (tertiary alicyclic amines) is 1. The second-order valence-electron chi connectivity index (χ2n) is 5.38. The summed E-state index contributed by atoms with van der Waals surface area (Å²) in [5, 5.41) is 0. The van der Waals surface area contributed by atoms with Gasteiger partial charge in [0, 0.05) is 38.6 Å². The fourth-order valence-electron chi connectivity index (χ4n) is 2.87. The molecular weight excluding hydrogens is 214 g/mol. The highest BCUT2D eigenvalue weighted by molar-refractivity contribution is 5.74. The highest BCUT2D eigenvalue weighted by atomic mass is 16.2. The number of amides is 1. The second-order valence-corrected chi connectivity index (χ2v) is 5.38. The van der Waals surface area contributed by atoms with E-state index in [1.165, 1.54) is 32.1 Å². The van der Waals surface area contributed by atoms with Crippen LogP contribution in [0.5, 0.6) is 0 Å². The van der Waals surface area contributed by atoms with E-state index in [9.17, 15) is 4.79 Å². The fraction of sp³-hybridized carbons (Fsp3) is 0.923. The number of piperidine rings is 1. The number of hydrogen-bond donors (Lipinski definition) is 1. The van der Waals surface area contributed by atoms with Gasteiger partial charge in [-0.1, -0.05) is 6.42 Å². The second kappa shape index (κ2) is 5.83. The molecule has 1 atom stereocenters. The van der Waals surface area contributed by atoms with E-state index in [1.807, 2.05) is 0 Å². The van der Waals surface area contributed by atoms with Crippen LogP contribution in [0.25, 0.3) is 0 Å². The van der Waals surface area contributed by atoms with Crippen molar-refractivity contribution in [2.24, 2.45) is 5.73 Å². The molecule has 1 saturated heterocycles. The van der Waals surface area contributed by atoms with E-state index in [0.717, 1.165) is 26.2 Å². The average molecular weight is 239 g/mol. The smallest absolute Gasteiger partial charge is 0.219 e. The van der Waals surface area contributed by atoms with Gasteiger partial charge in [-0.15, -0.1) is 0 Å². The Kier molecular flexibility index (Phi) is 4.40. The first-order valence-corrected chi connectivity index (χ1v) is 6.93. The third-order valence-electron chi connectivity index (χ3n) is 3.96. The van der Waals surface area contributed by atoms with E-state index in [2.05, 4.69) is 9.80 Å². The molecule has 1 amide bonds. The van der Waals surface area contributed by atoms with Crippen LogP contribution in [0.1, 0.15) is 39.0 Å². The lowest BCUT2D eigenvalue weighted by Crippen LogP contribution is -2.49. The average Bonchev–Trinajstić information content (AvgIpc) is 3.12. The van der Waals surface area contributed by atoms with Gasteiger partial charge in [0.05, 0.1) is 0 Å². The quantitative estimate of drug-likeness (QED) is 0.772. The number of nitrogens with two attached hydrogens (primary N) is 1. The minimum atomic E-state index is 0.241. The minimum Gasteiger partial charge on any atom is -0.338 e. The lowest BCUT2D eigenvalue weighted by molar-refractivity contribution is -0.130. The summed E-state index contributed by atoms with van der Waals surface area (Å²) in [6.07, 6.45) is 6.19. The molecule has 4 nitrogen and oxygen atoms in total. The Hall–Kier alpha value is -0.610. The lowest BCUT2D eigenvalue weighted by Gasteiger charge is -2.38. The summed E-state index contributed by atoms with van der Waals surface area (Å²) >= 11 is 0. The van der Waals surface area contributed by atoms with E-state index < -0.39 is 0 Å². The molecule has 0 radical (unpaired) electrons. The van der Waals surface area contributed by atoms with Gasteiger partial charge in [-0.2, -0.15) is 0 Å². The Morgan fingerprint density at radius 3 is 2.71 bits per heavy atom. The van der Waals surface area contributed by atoms with Gasteiger partial charge in [-0.3, -0.25) is 9.69 Å². The molecule has 2 fully saturated rings. The van der Waals surface area contributed by atoms with Crippen molar-refractivity contribution in [3.63, 3.8) is 0 Å². The molecule has 1 aliphatic carbocycles. The number of rotatable bonds is 5. The van der Waals surface area contributed by atoms with Crippen LogP contribution in [0.15, 0.2) is 0 Å². The predicted octanol–water partition coefficient (Wildman–Crippen LogP) is 0.811. The van der Waals surface area contributed by atoms with E-state index in [1.54, 1.807) is 6.92 Å². The zero-order valence-corrected chi connectivity index (χ0v) is 10.9. The molecule has 0 aromatic heterocycles. The van der Waals surface area contributed by atoms with Crippen LogP contribution < -0.4 is 5.73 Å². The Bertz CT molecular complexity index is 263. The Balaban J connectivity index is 1.91. The molecule has 17 heavy (non-hydrogen) atoms. The van der Waals surface area contributed by atoms with Crippen molar-refractivity contribution >= 4 is 5.91 Å². The van der Waals surface area contributed by atoms with Crippen LogP contribution in [-0.4, -0.2) is 54.0 Å². The van der Waals surface area contributed by atoms with Gasteiger partial charge in [0.25, 0.3) is 0 Å². The maximum absolute atomic E-state index is 11.6. The molecule has 0 bridgehead atoms. The van der Waals surface area contributed by atoms with Gasteiger partial charge in [0.15, 0.2) is 0 Å². The van der Waals surface area contributed by atoms with Crippen LogP contribution in [0.3, 0.4) is 0 Å². The van der Waals surface area contributed by atoms with Gasteiger partial charge in [0.1, 0.15) is 0 Å². The molecule has 2 N–H and O–H groups in total. The number of hydrogen-bond acceptors (Lipinski definition) is 3. The van der Waals surface area contributed by atoms with Crippen LogP contribution in [0.4, 0.5) is 0 Å². The lowest BCUT2D eigenvalue weighted by atomic mass is 10.0. The van der Waals surface area contributed by atoms with Crippen molar-refractivity contribution in [2.45, 2.75) is 51.1 Å². The summed E-state index contributed by atoms with van der Waals surface area (Å²) in [6, 6.07) is 1.07. The predicted molar refractivity (Wildman–Crippen MR) is 68.7 cm³/mol. The Labute approximate surface area is 104 Å². The summed E-state index contributed by atoms with van der Waals surface area (Å²) in [7, 11) is 0. The Morgan fingerprint density at radius 1 is 1.35 bits per heavy atom. The van der Waals surface area contributed by atoms with E-state index in [-0.39, 0.29) is 5.91 Å². The van der Waals surface area contributed by atoms with Crippen molar-refractivity contribution in [2.75, 3.05) is 26.2 Å². The molecule has 1 saturated carbocycles. The molecule has 1 aliphatic heterocycles. The van der Waals surface area contributed by atoms with E-state index >= 15 is 0 Å². The molecule has 98 valence electrons. The first-order chi connectivity index (χ1) is 8.22. The maximum Gasteiger partial charge on any atom is 0.219 e. The van der Waals surface area contributed by atoms with Crippen LogP contribution in [0, 0.1) is 0 Å². The highest BCUT2D eigenvalue weighted by Gasteiger charge is 2.34. The fourth-order valence-corrected chi connectivity index (χ4v) is 2.87. The molecule has 4 heteroatoms. The van der Waals surface area contributed by atoms with Crippen molar-refractivity contribution < 1.29 is 4.79 Å². The SMILES string of the molecule is CC(=O)N(C[C@H]1CCCCN1CCN)C1CC1. The van der Waals surface area contributed by atoms with Crippen molar-refractivity contribution in [1.82, 2.24) is 9.80 Å². The first kappa shape index (κ1) is 12.8. The monoisotopic (exact) mass is 239 g/mol. The summed E-state index contributed by atoms with van der Waals surface area (Å²) in [6.45, 7) is 5.47. The van der Waals surface area contributed by atoms with Crippen LogP contribution in [-0.2, 0) is 4.79 Å². The molecule has 1 heterocycles. The highest BCUT2D eigenvalue weighted by Crippen LogP contribution is 2.28. The molecule has 2 rings (SSSR count). The molecule has 0 aromatic carbocycles. The van der Waals surface area contributed by atoms with Gasteiger partial charge < -0.3 is 10.6 Å². The largest absolute Gasteiger partial charge is 0.338 e. The van der Waals surface area contributed by atoms with Gasteiger partial charge in [-0.05, 0) is 32.2 Å². The normalized spacial score (nSPS) is 25.9. The third-order valence-corrected chi connectivity index (χ3v) is 3.96. The number of nitrogens with zero attached hydrogens (tertiary/aromatic N) is 2. The van der Waals surface area contributed by atoms with Crippen LogP contribution >= 0.6 is 0 Å². The van der Waals surface area contributed by atoms with Crippen molar-refractivity contribution in [3.05, 3.63) is 0 Å². The van der Waals surface area contributed by atoms with Gasteiger partial charge >= 0.3 is 0 Å². The molecule has 0 spiro atoms. The number of carbonyl (C=O) groups excluding carboxylic acids is 1. The molecule has 2 aliphatic rings. The van der Waals surface area contributed by atoms with Crippen LogP contribution in [0.2, 0.25) is 0 Å². The molecule has 0 aromatic rings. The minimum absolute atomic E-state index is 0.241. The van der Waals surface area contributed by atoms with E-state index in [0.29, 0.717) is 12.1 Å². The van der Waals surface area contributed by atoms with Gasteiger partial charge in [0.2, 0.25) is 5.91 Å². The number of carbonyl (C=O) groups is 1. The van der Waals surface area contributed by atoms with E-state index in [4.69, 9.17) is 5.73 Å². The summed E-state index contributed by atoms with van der Waals surface area (Å²) in [5.74, 6) is 0.241. The summed E-state index contributed by atoms with van der Waals surface area (Å²) in [5.41, 5.74) is 5.66. The first-order valence-electron chi connectivity index (χ1n) is 6.93. The summed E-state index contributed by atoms with van der Waals surface area (Å²) < 4.78 is 0. The third kappa shape index (κ3) is 3.42. The van der Waals surface area contributed by atoms with Crippen molar-refractivity contribution in [1.29, 1.82) is 0 Å². The van der Waals surface area contributed by atoms with Crippen molar-refractivity contribution in [3.8, 4) is 0 Å². The topological polar surface area (TPSA) is 49.6 Å². The maximum atomic E-state index is 11.6. The zero-order valence-electron chi connectivity index (χ0n) is 10.9. The Morgan fingerprint density at radius 2 is 2.12 bits per heavy atom. The standard InChI is InChI=1S/C13H25N3O/c1-11(17)16(12-5-6-12)10-13-4-2-3-8-15(13)9-7-14/h12-13H,2-10,14H2,1H3/t13-/m1/s1. The molecule has 0 unspecified atom stereocenters. The van der Waals surface area contributed by atoms with Gasteiger partial charge in [-0.25, -0.2) is 0 Å². The molecular formula is C13H25N3O. The summed E-state index contributed by atoms with van der Waals surface area (Å²) in [4.78, 5) is 16.2.